The molecular formula is C19H24N2O2S. The van der Waals surface area contributed by atoms with Gasteiger partial charge >= 0.3 is 0 Å². The van der Waals surface area contributed by atoms with Gasteiger partial charge in [-0.3, -0.25) is 9.59 Å². The average Bonchev–Trinajstić information content (AvgIpc) is 3.11. The van der Waals surface area contributed by atoms with Crippen LogP contribution in [-0.2, 0) is 22.6 Å². The molecule has 2 N–H and O–H groups in total. The van der Waals surface area contributed by atoms with Gasteiger partial charge in [0, 0.05) is 23.8 Å². The fourth-order valence-electron chi connectivity index (χ4n) is 2.36. The second kappa shape index (κ2) is 9.88. The second-order valence-corrected chi connectivity index (χ2v) is 6.88. The van der Waals surface area contributed by atoms with Gasteiger partial charge in [0.15, 0.2) is 0 Å². The van der Waals surface area contributed by atoms with Crippen molar-refractivity contribution in [3.63, 3.8) is 0 Å². The highest BCUT2D eigenvalue weighted by Gasteiger charge is 2.10. The molecule has 1 aromatic heterocycles. The van der Waals surface area contributed by atoms with Crippen molar-refractivity contribution in [3.05, 3.63) is 58.3 Å². The minimum Gasteiger partial charge on any atom is -0.354 e. The summed E-state index contributed by atoms with van der Waals surface area (Å²) in [6.45, 7) is 2.53. The van der Waals surface area contributed by atoms with Gasteiger partial charge in [-0.2, -0.15) is 0 Å². The minimum atomic E-state index is -0.0875. The quantitative estimate of drug-likeness (QED) is 0.733. The molecule has 0 aliphatic carbocycles. The standard InChI is InChI=1S/C19H24N2O2S/c1-15(9-10-16-6-3-2-4-7-16)21-19(23)12-11-18(22)20-14-17-8-5-13-24-17/h2-8,13,15H,9-12,14H2,1H3,(H,20,22)(H,21,23)/t15-/m0/s1. The van der Waals surface area contributed by atoms with Crippen LogP contribution in [0.4, 0.5) is 0 Å². The van der Waals surface area contributed by atoms with E-state index in [2.05, 4.69) is 22.8 Å². The van der Waals surface area contributed by atoms with Gasteiger partial charge in [-0.05, 0) is 36.8 Å². The second-order valence-electron chi connectivity index (χ2n) is 5.85. The van der Waals surface area contributed by atoms with Crippen LogP contribution in [0.25, 0.3) is 0 Å². The van der Waals surface area contributed by atoms with E-state index in [0.29, 0.717) is 6.54 Å². The fourth-order valence-corrected chi connectivity index (χ4v) is 3.01. The van der Waals surface area contributed by atoms with Gasteiger partial charge in [-0.15, -0.1) is 11.3 Å². The van der Waals surface area contributed by atoms with E-state index in [1.54, 1.807) is 11.3 Å². The molecule has 2 aromatic rings. The van der Waals surface area contributed by atoms with E-state index >= 15 is 0 Å². The number of aryl methyl sites for hydroxylation is 1. The molecule has 128 valence electrons. The van der Waals surface area contributed by atoms with Crippen molar-refractivity contribution in [2.24, 2.45) is 0 Å². The third-order valence-electron chi connectivity index (χ3n) is 3.74. The number of benzene rings is 1. The molecule has 0 aliphatic rings. The van der Waals surface area contributed by atoms with Crippen molar-refractivity contribution in [1.29, 1.82) is 0 Å². The van der Waals surface area contributed by atoms with Crippen molar-refractivity contribution >= 4 is 23.2 Å². The van der Waals surface area contributed by atoms with Crippen LogP contribution in [0.1, 0.15) is 36.6 Å². The Morgan fingerprint density at radius 3 is 2.50 bits per heavy atom. The van der Waals surface area contributed by atoms with E-state index in [0.717, 1.165) is 17.7 Å². The summed E-state index contributed by atoms with van der Waals surface area (Å²) in [6, 6.07) is 14.3. The van der Waals surface area contributed by atoms with Gasteiger partial charge in [0.1, 0.15) is 0 Å². The predicted molar refractivity (Wildman–Crippen MR) is 97.8 cm³/mol. The molecule has 0 saturated heterocycles. The number of nitrogens with one attached hydrogen (secondary N) is 2. The van der Waals surface area contributed by atoms with Gasteiger partial charge in [0.2, 0.25) is 11.8 Å². The van der Waals surface area contributed by atoms with Crippen molar-refractivity contribution in [1.82, 2.24) is 10.6 Å². The Kier molecular flexibility index (Phi) is 7.49. The normalized spacial score (nSPS) is 11.7. The lowest BCUT2D eigenvalue weighted by Gasteiger charge is -2.14. The third kappa shape index (κ3) is 6.96. The summed E-state index contributed by atoms with van der Waals surface area (Å²) in [5.41, 5.74) is 1.27. The number of rotatable bonds is 9. The SMILES string of the molecule is C[C@@H](CCc1ccccc1)NC(=O)CCC(=O)NCc1cccs1. The van der Waals surface area contributed by atoms with Crippen molar-refractivity contribution in [3.8, 4) is 0 Å². The summed E-state index contributed by atoms with van der Waals surface area (Å²) in [4.78, 5) is 24.8. The maximum absolute atomic E-state index is 11.9. The van der Waals surface area contributed by atoms with E-state index in [1.807, 2.05) is 42.6 Å². The Labute approximate surface area is 147 Å². The highest BCUT2D eigenvalue weighted by atomic mass is 32.1. The molecule has 4 nitrogen and oxygen atoms in total. The van der Waals surface area contributed by atoms with E-state index in [-0.39, 0.29) is 30.7 Å². The van der Waals surface area contributed by atoms with Gasteiger partial charge in [0.25, 0.3) is 0 Å². The summed E-state index contributed by atoms with van der Waals surface area (Å²) in [5, 5.41) is 7.77. The van der Waals surface area contributed by atoms with Gasteiger partial charge in [-0.25, -0.2) is 0 Å². The fraction of sp³-hybridized carbons (Fsp3) is 0.368. The lowest BCUT2D eigenvalue weighted by molar-refractivity contribution is -0.126. The first-order valence-electron chi connectivity index (χ1n) is 8.26. The van der Waals surface area contributed by atoms with Crippen LogP contribution in [-0.4, -0.2) is 17.9 Å². The molecule has 0 fully saturated rings. The molecule has 2 rings (SSSR count). The lowest BCUT2D eigenvalue weighted by Crippen LogP contribution is -2.34. The molecule has 2 amide bonds. The van der Waals surface area contributed by atoms with E-state index < -0.39 is 0 Å². The number of carbonyl (C=O) groups excluding carboxylic acids is 2. The molecule has 5 heteroatoms. The molecule has 0 spiro atoms. The van der Waals surface area contributed by atoms with Crippen molar-refractivity contribution in [2.45, 2.75) is 45.2 Å². The first kappa shape index (κ1) is 18.2. The molecule has 0 saturated carbocycles. The average molecular weight is 344 g/mol. The van der Waals surface area contributed by atoms with Gasteiger partial charge < -0.3 is 10.6 Å². The topological polar surface area (TPSA) is 58.2 Å². The van der Waals surface area contributed by atoms with Crippen LogP contribution < -0.4 is 10.6 Å². The molecule has 0 bridgehead atoms. The number of hydrogen-bond donors (Lipinski definition) is 2. The smallest absolute Gasteiger partial charge is 0.220 e. The minimum absolute atomic E-state index is 0.0677. The van der Waals surface area contributed by atoms with E-state index in [9.17, 15) is 9.59 Å². The first-order valence-corrected chi connectivity index (χ1v) is 9.14. The zero-order valence-corrected chi connectivity index (χ0v) is 14.8. The molecule has 0 unspecified atom stereocenters. The van der Waals surface area contributed by atoms with E-state index in [4.69, 9.17) is 0 Å². The van der Waals surface area contributed by atoms with Crippen molar-refractivity contribution in [2.75, 3.05) is 0 Å². The number of carbonyl (C=O) groups is 2. The molecular weight excluding hydrogens is 320 g/mol. The van der Waals surface area contributed by atoms with Gasteiger partial charge in [-0.1, -0.05) is 36.4 Å². The van der Waals surface area contributed by atoms with Crippen LogP contribution in [0.15, 0.2) is 47.8 Å². The van der Waals surface area contributed by atoms with Gasteiger partial charge in [0.05, 0.1) is 6.54 Å². The summed E-state index contributed by atoms with van der Waals surface area (Å²) < 4.78 is 0. The molecule has 24 heavy (non-hydrogen) atoms. The largest absolute Gasteiger partial charge is 0.354 e. The van der Waals surface area contributed by atoms with Crippen LogP contribution >= 0.6 is 11.3 Å². The summed E-state index contributed by atoms with van der Waals surface area (Å²) in [6.07, 6.45) is 2.28. The Bertz CT molecular complexity index is 626. The predicted octanol–water partition coefficient (Wildman–Crippen LogP) is 3.28. The Hall–Kier alpha value is -2.14. The highest BCUT2D eigenvalue weighted by molar-refractivity contribution is 7.09. The van der Waals surface area contributed by atoms with Crippen LogP contribution in [0.5, 0.6) is 0 Å². The van der Waals surface area contributed by atoms with Crippen molar-refractivity contribution < 1.29 is 9.59 Å². The maximum atomic E-state index is 11.9. The zero-order chi connectivity index (χ0) is 17.2. The van der Waals surface area contributed by atoms with Crippen LogP contribution in [0.3, 0.4) is 0 Å². The molecule has 1 atom stereocenters. The Morgan fingerprint density at radius 2 is 1.79 bits per heavy atom. The Balaban J connectivity index is 1.59. The monoisotopic (exact) mass is 344 g/mol. The van der Waals surface area contributed by atoms with Crippen LogP contribution in [0, 0.1) is 0 Å². The van der Waals surface area contributed by atoms with Crippen LogP contribution in [0.2, 0.25) is 0 Å². The maximum Gasteiger partial charge on any atom is 0.220 e. The number of thiophene rings is 1. The lowest BCUT2D eigenvalue weighted by atomic mass is 10.1. The molecule has 0 radical (unpaired) electrons. The summed E-state index contributed by atoms with van der Waals surface area (Å²) >= 11 is 1.61. The highest BCUT2D eigenvalue weighted by Crippen LogP contribution is 2.08. The molecule has 0 aliphatic heterocycles. The van der Waals surface area contributed by atoms with E-state index in [1.165, 1.54) is 5.56 Å². The first-order chi connectivity index (χ1) is 11.6. The molecule has 1 heterocycles. The third-order valence-corrected chi connectivity index (χ3v) is 4.61. The molecule has 1 aromatic carbocycles. The Morgan fingerprint density at radius 1 is 1.04 bits per heavy atom. The number of hydrogen-bond acceptors (Lipinski definition) is 3. The zero-order valence-electron chi connectivity index (χ0n) is 14.0. The number of amides is 2. The summed E-state index contributed by atoms with van der Waals surface area (Å²) in [7, 11) is 0. The summed E-state index contributed by atoms with van der Waals surface area (Å²) in [5.74, 6) is -0.155.